The number of benzene rings is 2. The van der Waals surface area contributed by atoms with Crippen LogP contribution in [0.4, 0.5) is 0 Å². The van der Waals surface area contributed by atoms with Crippen LogP contribution in [0.15, 0.2) is 30.3 Å². The van der Waals surface area contributed by atoms with Crippen LogP contribution in [0.3, 0.4) is 0 Å². The van der Waals surface area contributed by atoms with Crippen LogP contribution >= 0.6 is 0 Å². The molecule has 0 atom stereocenters. The number of rotatable bonds is 10. The molecule has 0 spiro atoms. The fraction of sp³-hybridized carbons (Fsp3) is 0.478. The molecule has 0 heterocycles. The van der Waals surface area contributed by atoms with Crippen molar-refractivity contribution in [2.75, 3.05) is 13.7 Å². The normalized spacial score (nSPS) is 10.7. The zero-order valence-corrected chi connectivity index (χ0v) is 16.2. The standard InChI is InChI=1S/C23H31O2/c1-5-8-9-13-16-25-23-20(7-3)18(6-2)17-21(24-4)22(23)19-14-11-10-12-15-19/h10-12,14-15H,5-9,13,16H2,1-4H3. The van der Waals surface area contributed by atoms with Crippen LogP contribution < -0.4 is 9.47 Å². The number of unbranched alkanes of at least 4 members (excludes halogenated alkanes) is 3. The van der Waals surface area contributed by atoms with Crippen LogP contribution in [0.5, 0.6) is 11.5 Å². The van der Waals surface area contributed by atoms with Crippen LogP contribution in [0.1, 0.15) is 57.6 Å². The molecule has 2 aromatic rings. The summed E-state index contributed by atoms with van der Waals surface area (Å²) in [6, 6.07) is 13.8. The van der Waals surface area contributed by atoms with E-state index in [-0.39, 0.29) is 0 Å². The minimum absolute atomic E-state index is 0.753. The molecule has 0 aliphatic carbocycles. The first-order chi connectivity index (χ1) is 12.3. The van der Waals surface area contributed by atoms with Crippen molar-refractivity contribution in [2.24, 2.45) is 0 Å². The maximum atomic E-state index is 6.35. The summed E-state index contributed by atoms with van der Waals surface area (Å²) in [7, 11) is 1.72. The summed E-state index contributed by atoms with van der Waals surface area (Å²) in [4.78, 5) is 0. The van der Waals surface area contributed by atoms with Gasteiger partial charge in [0, 0.05) is 6.07 Å². The monoisotopic (exact) mass is 339 g/mol. The summed E-state index contributed by atoms with van der Waals surface area (Å²) < 4.78 is 12.0. The Hall–Kier alpha value is -1.96. The molecule has 135 valence electrons. The maximum absolute atomic E-state index is 6.35. The zero-order valence-electron chi connectivity index (χ0n) is 16.2. The smallest absolute Gasteiger partial charge is 0.138 e. The summed E-state index contributed by atoms with van der Waals surface area (Å²) in [5, 5.41) is 0. The van der Waals surface area contributed by atoms with E-state index in [0.717, 1.165) is 48.5 Å². The van der Waals surface area contributed by atoms with Gasteiger partial charge in [-0.2, -0.15) is 0 Å². The Morgan fingerprint density at radius 3 is 2.28 bits per heavy atom. The Morgan fingerprint density at radius 2 is 1.68 bits per heavy atom. The van der Waals surface area contributed by atoms with E-state index < -0.39 is 0 Å². The predicted molar refractivity (Wildman–Crippen MR) is 106 cm³/mol. The van der Waals surface area contributed by atoms with Gasteiger partial charge in [-0.3, -0.25) is 0 Å². The fourth-order valence-corrected chi connectivity index (χ4v) is 3.22. The molecule has 2 aromatic carbocycles. The zero-order chi connectivity index (χ0) is 18.1. The van der Waals surface area contributed by atoms with Crippen molar-refractivity contribution in [1.29, 1.82) is 0 Å². The van der Waals surface area contributed by atoms with E-state index >= 15 is 0 Å². The number of methoxy groups -OCH3 is 1. The van der Waals surface area contributed by atoms with Crippen molar-refractivity contribution in [3.63, 3.8) is 0 Å². The Kier molecular flexibility index (Phi) is 7.84. The van der Waals surface area contributed by atoms with Crippen molar-refractivity contribution in [2.45, 2.75) is 59.3 Å². The molecular weight excluding hydrogens is 308 g/mol. The molecular formula is C23H31O2. The minimum Gasteiger partial charge on any atom is -0.495 e. The molecule has 2 nitrogen and oxygen atoms in total. The Balaban J connectivity index is 2.46. The summed E-state index contributed by atoms with van der Waals surface area (Å²) in [5.74, 6) is 1.77. The third-order valence-corrected chi connectivity index (χ3v) is 4.57. The van der Waals surface area contributed by atoms with E-state index in [1.54, 1.807) is 7.11 Å². The van der Waals surface area contributed by atoms with Gasteiger partial charge in [0.25, 0.3) is 0 Å². The van der Waals surface area contributed by atoms with Crippen molar-refractivity contribution in [1.82, 2.24) is 0 Å². The highest BCUT2D eigenvalue weighted by Crippen LogP contribution is 2.43. The van der Waals surface area contributed by atoms with E-state index in [9.17, 15) is 0 Å². The maximum Gasteiger partial charge on any atom is 0.138 e. The minimum atomic E-state index is 0.753. The summed E-state index contributed by atoms with van der Waals surface area (Å²) >= 11 is 0. The van der Waals surface area contributed by atoms with Gasteiger partial charge in [-0.1, -0.05) is 70.4 Å². The van der Waals surface area contributed by atoms with Gasteiger partial charge < -0.3 is 9.47 Å². The SMILES string of the molecule is CCCCCCOc1c(CC)c(CC)[c]c(OC)c1-c1ccccc1. The first-order valence-corrected chi connectivity index (χ1v) is 9.59. The predicted octanol–water partition coefficient (Wildman–Crippen LogP) is 6.25. The number of hydrogen-bond donors (Lipinski definition) is 0. The molecule has 0 saturated heterocycles. The summed E-state index contributed by atoms with van der Waals surface area (Å²) in [5.41, 5.74) is 4.62. The Morgan fingerprint density at radius 1 is 0.920 bits per heavy atom. The lowest BCUT2D eigenvalue weighted by Gasteiger charge is -2.21. The third-order valence-electron chi connectivity index (χ3n) is 4.57. The van der Waals surface area contributed by atoms with E-state index in [0.29, 0.717) is 0 Å². The molecule has 0 bridgehead atoms. The molecule has 0 fully saturated rings. The van der Waals surface area contributed by atoms with Gasteiger partial charge in [0.05, 0.1) is 19.3 Å². The summed E-state index contributed by atoms with van der Waals surface area (Å²) in [6.07, 6.45) is 6.68. The second-order valence-electron chi connectivity index (χ2n) is 6.30. The van der Waals surface area contributed by atoms with Gasteiger partial charge in [-0.15, -0.1) is 0 Å². The molecule has 0 amide bonds. The Bertz CT molecular complexity index is 647. The molecule has 2 heteroatoms. The molecule has 0 unspecified atom stereocenters. The lowest BCUT2D eigenvalue weighted by molar-refractivity contribution is 0.301. The molecule has 0 N–H and O–H groups in total. The topological polar surface area (TPSA) is 18.5 Å². The first kappa shape index (κ1) is 19.4. The van der Waals surface area contributed by atoms with Crippen LogP contribution in [0.25, 0.3) is 11.1 Å². The van der Waals surface area contributed by atoms with Crippen molar-refractivity contribution >= 4 is 0 Å². The van der Waals surface area contributed by atoms with E-state index in [1.165, 1.54) is 30.4 Å². The van der Waals surface area contributed by atoms with Gasteiger partial charge >= 0.3 is 0 Å². The van der Waals surface area contributed by atoms with Crippen molar-refractivity contribution in [3.05, 3.63) is 47.5 Å². The van der Waals surface area contributed by atoms with Gasteiger partial charge in [0.15, 0.2) is 0 Å². The molecule has 25 heavy (non-hydrogen) atoms. The highest BCUT2D eigenvalue weighted by molar-refractivity contribution is 5.79. The Labute approximate surface area is 153 Å². The average molecular weight is 339 g/mol. The van der Waals surface area contributed by atoms with Crippen molar-refractivity contribution in [3.8, 4) is 22.6 Å². The number of aryl methyl sites for hydroxylation is 1. The van der Waals surface area contributed by atoms with Crippen LogP contribution in [0, 0.1) is 6.07 Å². The lowest BCUT2D eigenvalue weighted by Crippen LogP contribution is -2.06. The van der Waals surface area contributed by atoms with Crippen LogP contribution in [-0.2, 0) is 12.8 Å². The van der Waals surface area contributed by atoms with Crippen molar-refractivity contribution < 1.29 is 9.47 Å². The van der Waals surface area contributed by atoms with E-state index in [1.807, 2.05) is 6.07 Å². The van der Waals surface area contributed by atoms with Gasteiger partial charge in [0.1, 0.15) is 11.5 Å². The molecule has 2 rings (SSSR count). The van der Waals surface area contributed by atoms with Gasteiger partial charge in [0.2, 0.25) is 0 Å². The quantitative estimate of drug-likeness (QED) is 0.477. The molecule has 0 aromatic heterocycles. The van der Waals surface area contributed by atoms with Crippen LogP contribution in [-0.4, -0.2) is 13.7 Å². The third kappa shape index (κ3) is 4.78. The first-order valence-electron chi connectivity index (χ1n) is 9.59. The van der Waals surface area contributed by atoms with E-state index in [4.69, 9.17) is 9.47 Å². The lowest BCUT2D eigenvalue weighted by atomic mass is 9.93. The molecule has 0 aliphatic rings. The summed E-state index contributed by atoms with van der Waals surface area (Å²) in [6.45, 7) is 7.34. The van der Waals surface area contributed by atoms with Gasteiger partial charge in [-0.05, 0) is 36.0 Å². The second kappa shape index (κ2) is 10.1. The van der Waals surface area contributed by atoms with Crippen LogP contribution in [0.2, 0.25) is 0 Å². The highest BCUT2D eigenvalue weighted by atomic mass is 16.5. The molecule has 1 radical (unpaired) electrons. The second-order valence-corrected chi connectivity index (χ2v) is 6.30. The van der Waals surface area contributed by atoms with E-state index in [2.05, 4.69) is 51.1 Å². The average Bonchev–Trinajstić information content (AvgIpc) is 2.67. The molecule has 0 saturated carbocycles. The van der Waals surface area contributed by atoms with Gasteiger partial charge in [-0.25, -0.2) is 0 Å². The molecule has 0 aliphatic heterocycles. The fourth-order valence-electron chi connectivity index (χ4n) is 3.22. The number of hydrogen-bond acceptors (Lipinski definition) is 2. The largest absolute Gasteiger partial charge is 0.495 e. The highest BCUT2D eigenvalue weighted by Gasteiger charge is 2.20. The number of ether oxygens (including phenoxy) is 2.